The maximum atomic E-state index is 13.0. The highest BCUT2D eigenvalue weighted by molar-refractivity contribution is 7.94. The van der Waals surface area contributed by atoms with E-state index in [1.807, 2.05) is 0 Å². The van der Waals surface area contributed by atoms with Crippen LogP contribution in [-0.4, -0.2) is 36.0 Å². The van der Waals surface area contributed by atoms with E-state index in [4.69, 9.17) is 15.4 Å². The molecule has 372 valence electrons. The van der Waals surface area contributed by atoms with E-state index in [9.17, 15) is 43.0 Å². The number of nitro groups is 2. The number of nitrogens with one attached hydrogen (secondary N) is 3. The molecule has 0 unspecified atom stereocenters. The highest BCUT2D eigenvalue weighted by Crippen LogP contribution is 2.29. The molecule has 0 radical (unpaired) electrons. The number of carbonyl (C=O) groups is 3. The van der Waals surface area contributed by atoms with Crippen LogP contribution in [0.15, 0.2) is 155 Å². The number of sulfonamides is 1. The molecule has 0 aromatic heterocycles. The van der Waals surface area contributed by atoms with Crippen molar-refractivity contribution in [1.82, 2.24) is 4.72 Å². The van der Waals surface area contributed by atoms with E-state index < -0.39 is 31.7 Å². The van der Waals surface area contributed by atoms with Gasteiger partial charge in [0.1, 0.15) is 29.6 Å². The van der Waals surface area contributed by atoms with E-state index in [1.165, 1.54) is 61.4 Å². The summed E-state index contributed by atoms with van der Waals surface area (Å²) < 4.78 is 44.2. The van der Waals surface area contributed by atoms with Gasteiger partial charge in [0.15, 0.2) is 0 Å². The quantitative estimate of drug-likeness (QED) is 0.0136. The number of carbonyl (C=O) groups excluding carboxylic acids is 3. The maximum Gasteiger partial charge on any atom is 0.269 e. The zero-order chi connectivity index (χ0) is 51.0. The molecular formula is C50H52N6O13S2. The first-order valence-electron chi connectivity index (χ1n) is 22.2. The number of rotatable bonds is 25. The van der Waals surface area contributed by atoms with Crippen molar-refractivity contribution in [2.24, 2.45) is 5.90 Å². The lowest BCUT2D eigenvalue weighted by Crippen LogP contribution is -2.31. The molecule has 0 saturated heterocycles. The van der Waals surface area contributed by atoms with Crippen LogP contribution in [0.5, 0.6) is 11.5 Å². The molecule has 0 aliphatic heterocycles. The summed E-state index contributed by atoms with van der Waals surface area (Å²) in [6, 6.07) is 37.9. The van der Waals surface area contributed by atoms with Crippen molar-refractivity contribution in [2.75, 3.05) is 10.6 Å². The number of benzene rings is 6. The Balaban J connectivity index is 0.000000277. The number of nitrogens with two attached hydrogens (primary N) is 1. The molecule has 0 fully saturated rings. The van der Waals surface area contributed by atoms with Crippen LogP contribution in [0, 0.1) is 20.2 Å². The fraction of sp³-hybridized carbons (Fsp3) is 0.220. The zero-order valence-corrected chi connectivity index (χ0v) is 40.2. The summed E-state index contributed by atoms with van der Waals surface area (Å²) in [5, 5.41) is 26.9. The topological polar surface area (TPSA) is 271 Å². The lowest BCUT2D eigenvalue weighted by molar-refractivity contribution is -0.385. The van der Waals surface area contributed by atoms with Crippen LogP contribution in [0.4, 0.5) is 22.7 Å². The molecule has 0 spiro atoms. The predicted molar refractivity (Wildman–Crippen MR) is 267 cm³/mol. The summed E-state index contributed by atoms with van der Waals surface area (Å²) >= 11 is 0.867. The lowest BCUT2D eigenvalue weighted by atomic mass is 10.1. The van der Waals surface area contributed by atoms with Crippen molar-refractivity contribution < 1.29 is 51.4 Å². The molecule has 0 heterocycles. The van der Waals surface area contributed by atoms with Crippen LogP contribution in [0.3, 0.4) is 0 Å². The van der Waals surface area contributed by atoms with E-state index in [0.717, 1.165) is 43.3 Å². The minimum atomic E-state index is -4.21. The molecule has 6 aromatic rings. The van der Waals surface area contributed by atoms with Gasteiger partial charge in [-0.05, 0) is 102 Å². The molecule has 3 amide bonds. The number of anilines is 2. The first-order valence-corrected chi connectivity index (χ1v) is 24.5. The molecule has 0 atom stereocenters. The van der Waals surface area contributed by atoms with Crippen LogP contribution in [0.25, 0.3) is 0 Å². The molecule has 21 heteroatoms. The highest BCUT2D eigenvalue weighted by Gasteiger charge is 2.22. The molecule has 0 bridgehead atoms. The Morgan fingerprint density at radius 2 is 1.08 bits per heavy atom. The van der Waals surface area contributed by atoms with Gasteiger partial charge in [-0.3, -0.25) is 34.6 Å². The second-order valence-electron chi connectivity index (χ2n) is 15.5. The number of hydrogen-bond acceptors (Lipinski definition) is 15. The van der Waals surface area contributed by atoms with Crippen molar-refractivity contribution in [3.05, 3.63) is 188 Å². The van der Waals surface area contributed by atoms with Crippen LogP contribution in [0.2, 0.25) is 0 Å². The molecule has 6 rings (SSSR count). The number of para-hydroxylation sites is 2. The van der Waals surface area contributed by atoms with Crippen molar-refractivity contribution in [2.45, 2.75) is 81.3 Å². The Bertz CT molecular complexity index is 2850. The molecule has 19 nitrogen and oxygen atoms in total. The van der Waals surface area contributed by atoms with Gasteiger partial charge in [-0.15, -0.1) is 9.32 Å². The van der Waals surface area contributed by atoms with Gasteiger partial charge in [0.25, 0.3) is 33.2 Å². The zero-order valence-electron chi connectivity index (χ0n) is 38.5. The minimum absolute atomic E-state index is 0.0132. The second kappa shape index (κ2) is 28.1. The van der Waals surface area contributed by atoms with E-state index in [1.54, 1.807) is 97.1 Å². The SMILES string of the molecule is CCCCCCCCCC(=O)NS(=O)(=O)c1ccccc1NC(=O)c1cccc(OCc2ccc([N+](=O)[O-])cc2)c1.NOOSc1ccccc1NC(=O)c1cccc(OCc2ccc([N+](=O)[O-])cc2)c1. The van der Waals surface area contributed by atoms with Gasteiger partial charge < -0.3 is 20.1 Å². The molecule has 0 saturated carbocycles. The number of hydrogen-bond donors (Lipinski definition) is 4. The smallest absolute Gasteiger partial charge is 0.269 e. The van der Waals surface area contributed by atoms with Crippen LogP contribution >= 0.6 is 12.0 Å². The van der Waals surface area contributed by atoms with Crippen LogP contribution < -0.4 is 30.7 Å². The number of nitrogens with zero attached hydrogens (tertiary/aromatic N) is 2. The Labute approximate surface area is 414 Å². The highest BCUT2D eigenvalue weighted by atomic mass is 32.2. The summed E-state index contributed by atoms with van der Waals surface area (Å²) in [5.74, 6) is 4.24. The van der Waals surface area contributed by atoms with Gasteiger partial charge in [0, 0.05) is 41.8 Å². The molecular weight excluding hydrogens is 957 g/mol. The normalized spacial score (nSPS) is 10.8. The summed E-state index contributed by atoms with van der Waals surface area (Å²) in [4.78, 5) is 63.0. The van der Waals surface area contributed by atoms with Gasteiger partial charge in [0.05, 0.1) is 38.2 Å². The number of ether oxygens (including phenoxy) is 2. The first-order chi connectivity index (χ1) is 34.3. The van der Waals surface area contributed by atoms with Gasteiger partial charge >= 0.3 is 0 Å². The molecule has 0 aliphatic rings. The standard InChI is InChI=1S/C30H35N3O7S.C20H17N3O6S/c1-2-3-4-5-6-7-8-16-29(34)32-41(38,39)28-15-10-9-14-27(28)31-30(35)24-12-11-13-26(21-24)40-22-23-17-19-25(20-18-23)33(36)37;21-28-29-30-19-7-2-1-6-18(19)22-20(24)15-4-3-5-17(12-15)27-13-14-8-10-16(11-9-14)23(25)26/h9-15,17-21H,2-8,16,22H2,1H3,(H,31,35)(H,32,34);1-12H,13,21H2,(H,22,24). The third-order valence-corrected chi connectivity index (χ3v) is 12.4. The summed E-state index contributed by atoms with van der Waals surface area (Å²) in [5.41, 5.74) is 2.64. The summed E-state index contributed by atoms with van der Waals surface area (Å²) in [6.45, 7) is 2.48. The van der Waals surface area contributed by atoms with Crippen molar-refractivity contribution in [3.8, 4) is 11.5 Å². The predicted octanol–water partition coefficient (Wildman–Crippen LogP) is 10.6. The van der Waals surface area contributed by atoms with E-state index >= 15 is 0 Å². The Morgan fingerprint density at radius 3 is 1.61 bits per heavy atom. The first kappa shape index (κ1) is 54.3. The van der Waals surface area contributed by atoms with Crippen molar-refractivity contribution in [1.29, 1.82) is 0 Å². The summed E-state index contributed by atoms with van der Waals surface area (Å²) in [6.07, 6.45) is 7.21. The number of non-ortho nitro benzene ring substituents is 2. The second-order valence-corrected chi connectivity index (χ2v) is 17.9. The van der Waals surface area contributed by atoms with Gasteiger partial charge in [-0.25, -0.2) is 13.1 Å². The summed E-state index contributed by atoms with van der Waals surface area (Å²) in [7, 11) is -4.21. The van der Waals surface area contributed by atoms with Crippen molar-refractivity contribution >= 4 is 62.5 Å². The average molecular weight is 1010 g/mol. The largest absolute Gasteiger partial charge is 0.489 e. The van der Waals surface area contributed by atoms with E-state index in [-0.39, 0.29) is 53.1 Å². The number of amides is 3. The van der Waals surface area contributed by atoms with E-state index in [2.05, 4.69) is 31.6 Å². The minimum Gasteiger partial charge on any atom is -0.489 e. The third kappa shape index (κ3) is 18.0. The number of unbranched alkanes of at least 4 members (excludes halogenated alkanes) is 6. The molecule has 5 N–H and O–H groups in total. The molecule has 0 aliphatic carbocycles. The van der Waals surface area contributed by atoms with Gasteiger partial charge in [-0.1, -0.05) is 81.8 Å². The van der Waals surface area contributed by atoms with E-state index in [0.29, 0.717) is 39.6 Å². The molecule has 71 heavy (non-hydrogen) atoms. The monoisotopic (exact) mass is 1010 g/mol. The Hall–Kier alpha value is -7.69. The third-order valence-electron chi connectivity index (χ3n) is 10.3. The van der Waals surface area contributed by atoms with Crippen molar-refractivity contribution in [3.63, 3.8) is 0 Å². The molecule has 6 aromatic carbocycles. The average Bonchev–Trinajstić information content (AvgIpc) is 3.37. The Kier molecular flexibility index (Phi) is 21.5. The fourth-order valence-electron chi connectivity index (χ4n) is 6.61. The fourth-order valence-corrected chi connectivity index (χ4v) is 8.24. The number of nitro benzene ring substituents is 2. The maximum absolute atomic E-state index is 13.0. The van der Waals surface area contributed by atoms with Gasteiger partial charge in [0.2, 0.25) is 5.91 Å². The lowest BCUT2D eigenvalue weighted by Gasteiger charge is -2.13. The van der Waals surface area contributed by atoms with Crippen LogP contribution in [0.1, 0.15) is 90.1 Å². The Morgan fingerprint density at radius 1 is 0.606 bits per heavy atom. The van der Waals surface area contributed by atoms with Gasteiger partial charge in [-0.2, -0.15) is 5.90 Å². The van der Waals surface area contributed by atoms with Crippen LogP contribution in [-0.2, 0) is 37.4 Å².